The van der Waals surface area contributed by atoms with Gasteiger partial charge in [0.25, 0.3) is 0 Å². The van der Waals surface area contributed by atoms with Crippen molar-refractivity contribution in [2.24, 2.45) is 13.0 Å². The summed E-state index contributed by atoms with van der Waals surface area (Å²) < 4.78 is 13.7. The highest BCUT2D eigenvalue weighted by Crippen LogP contribution is 2.40. The number of methoxy groups -OCH3 is 1. The van der Waals surface area contributed by atoms with Crippen LogP contribution in [-0.2, 0) is 11.8 Å². The summed E-state index contributed by atoms with van der Waals surface area (Å²) in [5, 5.41) is 3.73. The summed E-state index contributed by atoms with van der Waals surface area (Å²) in [6, 6.07) is 11.5. The van der Waals surface area contributed by atoms with Crippen molar-refractivity contribution in [1.82, 2.24) is 24.8 Å². The number of aryl methyl sites for hydroxylation is 2. The number of aromatic nitrogens is 4. The summed E-state index contributed by atoms with van der Waals surface area (Å²) in [7, 11) is 3.53. The van der Waals surface area contributed by atoms with Crippen LogP contribution >= 0.6 is 0 Å². The number of ether oxygens (including phenoxy) is 2. The van der Waals surface area contributed by atoms with E-state index in [1.54, 1.807) is 13.2 Å². The van der Waals surface area contributed by atoms with Crippen molar-refractivity contribution in [3.05, 3.63) is 66.8 Å². The lowest BCUT2D eigenvalue weighted by Crippen LogP contribution is -2.36. The Kier molecular flexibility index (Phi) is 7.69. The van der Waals surface area contributed by atoms with Crippen molar-refractivity contribution in [2.75, 3.05) is 12.8 Å². The zero-order valence-electron chi connectivity index (χ0n) is 22.9. The van der Waals surface area contributed by atoms with Gasteiger partial charge in [-0.15, -0.1) is 0 Å². The van der Waals surface area contributed by atoms with Crippen LogP contribution in [0.25, 0.3) is 22.2 Å². The van der Waals surface area contributed by atoms with Crippen LogP contribution in [0.2, 0.25) is 0 Å². The molecule has 0 bridgehead atoms. The van der Waals surface area contributed by atoms with Crippen LogP contribution in [-0.4, -0.2) is 38.6 Å². The third kappa shape index (κ3) is 5.47. The summed E-state index contributed by atoms with van der Waals surface area (Å²) in [6.45, 7) is 5.45. The summed E-state index contributed by atoms with van der Waals surface area (Å²) in [6.07, 6.45) is 6.35. The number of pyridine rings is 1. The number of hydrogen-bond donors (Lipinski definition) is 2. The molecule has 204 valence electrons. The number of rotatable bonds is 6. The van der Waals surface area contributed by atoms with Crippen LogP contribution < -0.4 is 20.5 Å². The topological polar surface area (TPSA) is 117 Å². The van der Waals surface area contributed by atoms with Gasteiger partial charge in [-0.1, -0.05) is 24.6 Å². The number of nitrogens with two attached hydrogens (primary N) is 1. The Balaban J connectivity index is 1.51. The Morgan fingerprint density at radius 1 is 1.18 bits per heavy atom. The Hall–Kier alpha value is -4.84. The van der Waals surface area contributed by atoms with Gasteiger partial charge in [0.1, 0.15) is 23.5 Å². The van der Waals surface area contributed by atoms with Gasteiger partial charge in [0.05, 0.1) is 12.5 Å². The highest BCUT2D eigenvalue weighted by molar-refractivity contribution is 6.03. The molecule has 40 heavy (non-hydrogen) atoms. The number of nitrogens with zero attached hydrogens (tertiary/aromatic N) is 4. The van der Waals surface area contributed by atoms with Crippen LogP contribution in [0.5, 0.6) is 17.4 Å². The van der Waals surface area contributed by atoms with E-state index in [9.17, 15) is 4.79 Å². The van der Waals surface area contributed by atoms with Crippen molar-refractivity contribution in [3.63, 3.8) is 0 Å². The standard InChI is InChI=1S/C31H32N6O3/c1-5-26(38)36-22-13-9-20(10-14-22)11-15-23-28(29-30(32)33-18-34-31(29)37(23)3)21-12-16-24(25(17-21)39-4)40-27-8-6-7-19(2)35-27/h5-8,12,16-18,20,22H,1,9-10,13-14H2,2-4H3,(H,36,38)(H2,32,33,34). The number of carbonyl (C=O) groups is 1. The van der Waals surface area contributed by atoms with E-state index in [2.05, 4.69) is 38.7 Å². The number of fused-ring (bicyclic) bond motifs is 1. The number of nitrogen functional groups attached to an aromatic ring is 1. The number of nitrogens with one attached hydrogen (secondary N) is 1. The predicted molar refractivity (Wildman–Crippen MR) is 155 cm³/mol. The lowest BCUT2D eigenvalue weighted by Gasteiger charge is -2.26. The molecule has 1 saturated carbocycles. The molecule has 3 aromatic heterocycles. The van der Waals surface area contributed by atoms with Crippen LogP contribution in [0.1, 0.15) is 37.1 Å². The second-order valence-electron chi connectivity index (χ2n) is 9.86. The minimum atomic E-state index is -0.129. The summed E-state index contributed by atoms with van der Waals surface area (Å²) in [5.41, 5.74) is 10.4. The highest BCUT2D eigenvalue weighted by atomic mass is 16.5. The lowest BCUT2D eigenvalue weighted by molar-refractivity contribution is -0.117. The molecule has 9 nitrogen and oxygen atoms in total. The molecule has 0 aliphatic heterocycles. The highest BCUT2D eigenvalue weighted by Gasteiger charge is 2.23. The molecular formula is C31H32N6O3. The average molecular weight is 537 g/mol. The van der Waals surface area contributed by atoms with E-state index in [1.807, 2.05) is 48.9 Å². The molecular weight excluding hydrogens is 504 g/mol. The van der Waals surface area contributed by atoms with E-state index in [4.69, 9.17) is 15.2 Å². The Morgan fingerprint density at radius 3 is 2.70 bits per heavy atom. The summed E-state index contributed by atoms with van der Waals surface area (Å²) in [4.78, 5) is 24.9. The van der Waals surface area contributed by atoms with Gasteiger partial charge in [0.2, 0.25) is 11.8 Å². The van der Waals surface area contributed by atoms with Crippen LogP contribution in [0.4, 0.5) is 5.82 Å². The second kappa shape index (κ2) is 11.5. The maximum absolute atomic E-state index is 11.7. The summed E-state index contributed by atoms with van der Waals surface area (Å²) >= 11 is 0. The largest absolute Gasteiger partial charge is 0.493 e. The van der Waals surface area contributed by atoms with Gasteiger partial charge in [-0.05, 0) is 68.4 Å². The van der Waals surface area contributed by atoms with Crippen LogP contribution in [0, 0.1) is 24.7 Å². The zero-order valence-corrected chi connectivity index (χ0v) is 22.9. The molecule has 1 aliphatic rings. The van der Waals surface area contributed by atoms with E-state index in [-0.39, 0.29) is 17.9 Å². The molecule has 1 aliphatic carbocycles. The lowest BCUT2D eigenvalue weighted by atomic mass is 9.86. The van der Waals surface area contributed by atoms with Crippen molar-refractivity contribution in [3.8, 4) is 40.3 Å². The molecule has 0 saturated heterocycles. The minimum absolute atomic E-state index is 0.129. The van der Waals surface area contributed by atoms with Crippen molar-refractivity contribution >= 4 is 22.8 Å². The first-order valence-corrected chi connectivity index (χ1v) is 13.2. The fraction of sp³-hybridized carbons (Fsp3) is 0.290. The average Bonchev–Trinajstić information content (AvgIpc) is 3.25. The molecule has 3 heterocycles. The van der Waals surface area contributed by atoms with Gasteiger partial charge >= 0.3 is 0 Å². The van der Waals surface area contributed by atoms with Crippen molar-refractivity contribution in [2.45, 2.75) is 38.6 Å². The van der Waals surface area contributed by atoms with Gasteiger partial charge in [0, 0.05) is 36.3 Å². The number of amides is 1. The van der Waals surface area contributed by atoms with E-state index < -0.39 is 0 Å². The smallest absolute Gasteiger partial charge is 0.243 e. The van der Waals surface area contributed by atoms with Gasteiger partial charge < -0.3 is 25.1 Å². The second-order valence-corrected chi connectivity index (χ2v) is 9.86. The van der Waals surface area contributed by atoms with Gasteiger partial charge in [-0.2, -0.15) is 0 Å². The molecule has 4 aromatic rings. The summed E-state index contributed by atoms with van der Waals surface area (Å²) in [5.74, 6) is 8.96. The van der Waals surface area contributed by atoms with Gasteiger partial charge in [-0.25, -0.2) is 15.0 Å². The van der Waals surface area contributed by atoms with Crippen LogP contribution in [0.15, 0.2) is 55.4 Å². The maximum atomic E-state index is 11.7. The van der Waals surface area contributed by atoms with Crippen molar-refractivity contribution < 1.29 is 14.3 Å². The first-order chi connectivity index (χ1) is 19.4. The predicted octanol–water partition coefficient (Wildman–Crippen LogP) is 4.93. The molecule has 0 unspecified atom stereocenters. The Labute approximate surface area is 233 Å². The number of hydrogen-bond acceptors (Lipinski definition) is 7. The minimum Gasteiger partial charge on any atom is -0.493 e. The first kappa shape index (κ1) is 26.8. The number of anilines is 1. The normalized spacial score (nSPS) is 16.6. The Bertz CT molecular complexity index is 1640. The number of benzene rings is 1. The van der Waals surface area contributed by atoms with E-state index in [1.165, 1.54) is 12.4 Å². The molecule has 9 heteroatoms. The van der Waals surface area contributed by atoms with E-state index in [0.717, 1.165) is 53.6 Å². The maximum Gasteiger partial charge on any atom is 0.243 e. The van der Waals surface area contributed by atoms with Gasteiger partial charge in [0.15, 0.2) is 11.5 Å². The van der Waals surface area contributed by atoms with E-state index >= 15 is 0 Å². The fourth-order valence-corrected chi connectivity index (χ4v) is 5.11. The van der Waals surface area contributed by atoms with E-state index in [0.29, 0.717) is 28.8 Å². The molecule has 1 fully saturated rings. The molecule has 0 radical (unpaired) electrons. The molecule has 0 spiro atoms. The molecule has 1 amide bonds. The molecule has 3 N–H and O–H groups in total. The van der Waals surface area contributed by atoms with Crippen LogP contribution in [0.3, 0.4) is 0 Å². The zero-order chi connectivity index (χ0) is 28.2. The molecule has 5 rings (SSSR count). The third-order valence-electron chi connectivity index (χ3n) is 7.18. The fourth-order valence-electron chi connectivity index (χ4n) is 5.11. The van der Waals surface area contributed by atoms with Crippen molar-refractivity contribution in [1.29, 1.82) is 0 Å². The molecule has 0 atom stereocenters. The Morgan fingerprint density at radius 2 is 1.98 bits per heavy atom. The third-order valence-corrected chi connectivity index (χ3v) is 7.18. The quantitative estimate of drug-likeness (QED) is 0.265. The molecule has 1 aromatic carbocycles. The first-order valence-electron chi connectivity index (χ1n) is 13.2. The monoisotopic (exact) mass is 536 g/mol. The SMILES string of the molecule is C=CC(=O)NC1CCC(C#Cc2c(-c3ccc(Oc4cccc(C)n4)c(OC)c3)c3c(N)ncnc3n2C)CC1. The number of carbonyl (C=O) groups excluding carboxylic acids is 1. The van der Waals surface area contributed by atoms with Gasteiger partial charge in [-0.3, -0.25) is 4.79 Å².